The van der Waals surface area contributed by atoms with E-state index >= 15 is 0 Å². The summed E-state index contributed by atoms with van der Waals surface area (Å²) in [5.41, 5.74) is 7.84. The lowest BCUT2D eigenvalue weighted by Gasteiger charge is -2.38. The number of nitrogens with one attached hydrogen (secondary N) is 5. The third-order valence-corrected chi connectivity index (χ3v) is 31.1. The fourth-order valence-corrected chi connectivity index (χ4v) is 23.0. The highest BCUT2D eigenvalue weighted by molar-refractivity contribution is 7.93. The van der Waals surface area contributed by atoms with Crippen LogP contribution in [0, 0.1) is 5.92 Å². The van der Waals surface area contributed by atoms with Crippen molar-refractivity contribution in [1.82, 2.24) is 39.7 Å². The van der Waals surface area contributed by atoms with Crippen molar-refractivity contribution in [2.75, 3.05) is 121 Å². The molecule has 0 bridgehead atoms. The van der Waals surface area contributed by atoms with Gasteiger partial charge in [0.1, 0.15) is 30.3 Å². The first-order valence-electron chi connectivity index (χ1n) is 43.1. The molecule has 1 saturated carbocycles. The first kappa shape index (κ1) is 94.9. The Labute approximate surface area is 799 Å². The zero-order chi connectivity index (χ0) is 93.2. The van der Waals surface area contributed by atoms with E-state index in [4.69, 9.17) is 27.9 Å². The monoisotopic (exact) mass is 1960 g/mol. The predicted molar refractivity (Wildman–Crippen MR) is 528 cm³/mol. The third kappa shape index (κ3) is 23.9. The van der Waals surface area contributed by atoms with Gasteiger partial charge in [-0.1, -0.05) is 122 Å². The quantitative estimate of drug-likeness (QED) is 0.0355. The van der Waals surface area contributed by atoms with Gasteiger partial charge in [0.2, 0.25) is 17.7 Å². The number of ether oxygens (including phenoxy) is 1. The van der Waals surface area contributed by atoms with Gasteiger partial charge in [-0.05, 0) is 195 Å². The highest BCUT2D eigenvalue weighted by Crippen LogP contribution is 2.42. The van der Waals surface area contributed by atoms with Gasteiger partial charge in [-0.15, -0.1) is 22.7 Å². The van der Waals surface area contributed by atoms with Gasteiger partial charge >= 0.3 is 6.09 Å². The van der Waals surface area contributed by atoms with Gasteiger partial charge in [-0.25, -0.2) is 68.4 Å². The van der Waals surface area contributed by atoms with Gasteiger partial charge in [0, 0.05) is 156 Å². The molecule has 6 aliphatic rings. The number of nitrogens with zero attached hydrogens (tertiary/aromatic N) is 13. The molecule has 32 nitrogen and oxygen atoms in total. The Bertz CT molecular complexity index is 6510. The fraction of sp³-hybridized carbons (Fsp3) is 0.280. The minimum atomic E-state index is -3.79. The number of aromatic nitrogens is 6. The van der Waals surface area contributed by atoms with Crippen LogP contribution in [0.15, 0.2) is 280 Å². The van der Waals surface area contributed by atoms with Gasteiger partial charge in [-0.2, -0.15) is 0 Å². The lowest BCUT2D eigenvalue weighted by molar-refractivity contribution is -0.134. The van der Waals surface area contributed by atoms with Crippen LogP contribution >= 0.6 is 45.9 Å². The number of aryl methyl sites for hydroxylation is 1. The van der Waals surface area contributed by atoms with E-state index in [0.29, 0.717) is 116 Å². The van der Waals surface area contributed by atoms with Crippen LogP contribution < -0.4 is 48.7 Å². The summed E-state index contributed by atoms with van der Waals surface area (Å²) in [4.78, 5) is 102. The zero-order valence-electron chi connectivity index (χ0n) is 72.1. The number of sulfonamides is 4. The zero-order valence-corrected chi connectivity index (χ0v) is 78.5. The second-order valence-electron chi connectivity index (χ2n) is 31.8. The number of amides is 5. The van der Waals surface area contributed by atoms with Crippen molar-refractivity contribution in [3.63, 3.8) is 0 Å². The van der Waals surface area contributed by atoms with E-state index in [0.717, 1.165) is 66.8 Å². The molecule has 1 aliphatic carbocycles. The van der Waals surface area contributed by atoms with Gasteiger partial charge in [-0.3, -0.25) is 43.4 Å². The van der Waals surface area contributed by atoms with Gasteiger partial charge in [0.15, 0.2) is 16.4 Å². The summed E-state index contributed by atoms with van der Waals surface area (Å²) in [6.07, 6.45) is 15.2. The summed E-state index contributed by atoms with van der Waals surface area (Å²) in [6.45, 7) is 9.14. The predicted octanol–water partition coefficient (Wildman–Crippen LogP) is 16.6. The molecule has 5 amide bonds. The van der Waals surface area contributed by atoms with Crippen molar-refractivity contribution in [3.05, 3.63) is 287 Å². The van der Waals surface area contributed by atoms with Crippen molar-refractivity contribution >= 4 is 172 Å². The molecule has 5 aliphatic heterocycles. The summed E-state index contributed by atoms with van der Waals surface area (Å²) in [6, 6.07) is 61.1. The summed E-state index contributed by atoms with van der Waals surface area (Å²) < 4.78 is 116. The van der Waals surface area contributed by atoms with E-state index in [1.807, 2.05) is 89.5 Å². The SMILES string of the molecule is CC[C@H](C(=O)N1CCN(c2ccc(S(=O)(=O)Nc3ccncn3)cc2)CC1)c1ccccc1.O=C(C(c1ccccc1)C1CCCC1)N1CCN(c2ccc(S(=O)(=O)Nc3ccncn3)cc2)CC1.O=C(Nc1cccc(Cl)c1)O[C@H]1CCN(c2ccc(S(=O)(=O)Nc3nccs3)cc2)C1=O.O=C1[C@H](N2CCCc3cccc(Cl)c32)CCN1c1ccc(S(=O)(=O)Nc2nccs2)cc1.[HH].[HH].[HH].[HH].[HH].[HH]. The molecule has 5 N–H and O–H groups in total. The number of anilines is 10. The Hall–Kier alpha value is -12.7. The van der Waals surface area contributed by atoms with Crippen LogP contribution in [0.2, 0.25) is 10.0 Å². The van der Waals surface area contributed by atoms with Crippen LogP contribution in [0.3, 0.4) is 0 Å². The number of piperazine rings is 2. The maximum atomic E-state index is 13.7. The van der Waals surface area contributed by atoms with E-state index in [9.17, 15) is 57.6 Å². The van der Waals surface area contributed by atoms with Gasteiger partial charge < -0.3 is 39.0 Å². The fourth-order valence-electron chi connectivity index (χ4n) is 16.9. The van der Waals surface area contributed by atoms with Crippen LogP contribution in [-0.2, 0) is 70.4 Å². The Kier molecular flexibility index (Phi) is 30.9. The van der Waals surface area contributed by atoms with Crippen LogP contribution in [0.4, 0.5) is 60.8 Å². The average molecular weight is 1970 g/mol. The molecule has 8 aromatic carbocycles. The molecular formula is C93H108Cl2N18O14S6. The van der Waals surface area contributed by atoms with Crippen molar-refractivity contribution in [1.29, 1.82) is 0 Å². The lowest BCUT2D eigenvalue weighted by atomic mass is 9.83. The van der Waals surface area contributed by atoms with Gasteiger partial charge in [0.25, 0.3) is 46.0 Å². The van der Waals surface area contributed by atoms with E-state index in [1.165, 1.54) is 132 Å². The second kappa shape index (κ2) is 43.3. The van der Waals surface area contributed by atoms with E-state index in [-0.39, 0.29) is 86.4 Å². The number of carbonyl (C=O) groups is 5. The Morgan fingerprint density at radius 1 is 0.466 bits per heavy atom. The van der Waals surface area contributed by atoms with Crippen LogP contribution in [0.25, 0.3) is 0 Å². The molecule has 1 unspecified atom stereocenters. The molecule has 0 radical (unpaired) electrons. The van der Waals surface area contributed by atoms with E-state index in [1.54, 1.807) is 88.5 Å². The van der Waals surface area contributed by atoms with Crippen molar-refractivity contribution in [2.45, 2.75) is 108 Å². The van der Waals surface area contributed by atoms with Crippen LogP contribution in [-0.4, -0.2) is 187 Å². The largest absolute Gasteiger partial charge is 0.436 e. The minimum absolute atomic E-state index is 0. The van der Waals surface area contributed by atoms with Crippen molar-refractivity contribution < 1.29 is 70.9 Å². The summed E-state index contributed by atoms with van der Waals surface area (Å²) in [5.74, 6) is 0.708. The molecular weight excluding hydrogens is 1860 g/mol. The molecule has 12 aromatic rings. The smallest absolute Gasteiger partial charge is 0.412 e. The summed E-state index contributed by atoms with van der Waals surface area (Å²) >= 11 is 14.8. The highest BCUT2D eigenvalue weighted by atomic mass is 35.5. The second-order valence-corrected chi connectivity index (χ2v) is 41.2. The molecule has 0 spiro atoms. The number of carbonyl (C=O) groups excluding carboxylic acids is 5. The molecule has 704 valence electrons. The first-order valence-corrected chi connectivity index (χ1v) is 51.6. The Morgan fingerprint density at radius 3 is 1.41 bits per heavy atom. The number of hydrogen-bond acceptors (Lipinski definition) is 25. The number of hydrogen-bond donors (Lipinski definition) is 5. The van der Waals surface area contributed by atoms with E-state index < -0.39 is 52.3 Å². The van der Waals surface area contributed by atoms with E-state index in [2.05, 4.69) is 87.0 Å². The molecule has 133 heavy (non-hydrogen) atoms. The third-order valence-electron chi connectivity index (χ3n) is 23.5. The average Bonchev–Trinajstić information content (AvgIpc) is 1.75. The van der Waals surface area contributed by atoms with Crippen molar-refractivity contribution in [2.24, 2.45) is 5.92 Å². The molecule has 4 aromatic heterocycles. The van der Waals surface area contributed by atoms with Crippen LogP contribution in [0.5, 0.6) is 0 Å². The number of thiazole rings is 2. The number of para-hydroxylation sites is 1. The molecule has 9 heterocycles. The molecule has 18 rings (SSSR count). The maximum absolute atomic E-state index is 13.7. The normalized spacial score (nSPS) is 16.9. The Morgan fingerprint density at radius 2 is 0.932 bits per heavy atom. The molecule has 40 heteroatoms. The first-order chi connectivity index (χ1) is 64.2. The lowest BCUT2D eigenvalue weighted by Crippen LogP contribution is -2.50. The maximum Gasteiger partial charge on any atom is 0.412 e. The minimum Gasteiger partial charge on any atom is -0.436 e. The molecule has 4 atom stereocenters. The molecule has 5 fully saturated rings. The number of halogens is 2. The number of fused-ring (bicyclic) bond motifs is 1. The molecule has 4 saturated heterocycles. The summed E-state index contributed by atoms with van der Waals surface area (Å²) in [7, 11) is -15.0. The summed E-state index contributed by atoms with van der Waals surface area (Å²) in [5, 5.41) is 7.60. The van der Waals surface area contributed by atoms with Gasteiger partial charge in [0.05, 0.1) is 42.1 Å². The number of rotatable bonds is 25. The topological polar surface area (TPSA) is 391 Å². The standard InChI is InChI=1S/C27H31N5O3S.C24H27N5O3S.C22H21ClN4O3S2.C20H17ClN4O5S2.6H2/c33-27(26(22-8-4-5-9-22)21-6-2-1-3-7-21)32-18-16-31(17-19-32)23-10-12-24(13-11-23)36(34,35)30-25-14-15-28-20-29-25;1-2-22(19-6-4-3-5-7-19)24(30)29-16-14-28(15-17-29)20-8-10-21(11-9-20)33(31,32)27-23-12-13-25-18-26-23;23-18-5-1-3-15-4-2-12-27(20(15)18)19-10-13-26(21(19)28)16-6-8-17(9-7-16)32(29,30)25-22-24-11-14-31-22;21-13-2-1-3-14(12-13)23-20(27)30-17-8-10-25(18(17)26)15-4-6-16(7-5-15)32(28,29)24-19-22-9-11-31-19;;;;;;/h1-3,6-7,10-15,20,22,26H,4-5,8-9,16-19H2,(H,28,29,30);3-13,18,22H,2,14-17H2,1H3,(H,25,26,27);1,3,5-9,11,14,19H,2,4,10,12-13H2,(H,24,25);1-7,9,11-12,17H,8,10H2,(H,22,24)(H,23,27);6*1H/t;22-;19-;17-;;;;;;/m.010....../s1. The highest BCUT2D eigenvalue weighted by Gasteiger charge is 2.41. The van der Waals surface area contributed by atoms with Crippen molar-refractivity contribution in [3.8, 4) is 0 Å². The number of benzene rings is 8. The van der Waals surface area contributed by atoms with Crippen LogP contribution in [0.1, 0.15) is 95.4 Å². The Balaban J connectivity index is 0.000000205.